The molecule has 1 unspecified atom stereocenters. The van der Waals surface area contributed by atoms with Crippen LogP contribution in [-0.4, -0.2) is 4.57 Å². The van der Waals surface area contributed by atoms with Crippen molar-refractivity contribution in [2.24, 2.45) is 0 Å². The fourth-order valence-electron chi connectivity index (χ4n) is 2.40. The molecule has 1 heterocycles. The molecule has 0 amide bonds. The second-order valence-electron chi connectivity index (χ2n) is 4.76. The van der Waals surface area contributed by atoms with Crippen molar-refractivity contribution in [1.29, 1.82) is 0 Å². The lowest BCUT2D eigenvalue weighted by Gasteiger charge is -2.11. The lowest BCUT2D eigenvalue weighted by atomic mass is 10.0. The number of fused-ring (bicyclic) bond motifs is 1. The average Bonchev–Trinajstić information content (AvgIpc) is 2.80. The Kier molecular flexibility index (Phi) is 3.91. The normalized spacial score (nSPS) is 12.7. The van der Waals surface area contributed by atoms with Crippen LogP contribution in [0.2, 0.25) is 5.02 Å². The summed E-state index contributed by atoms with van der Waals surface area (Å²) in [7, 11) is 0. The molecule has 0 aliphatic carbocycles. The van der Waals surface area contributed by atoms with Crippen LogP contribution in [0.4, 0.5) is 0 Å². The first-order chi connectivity index (χ1) is 10.1. The van der Waals surface area contributed by atoms with Gasteiger partial charge in [-0.05, 0) is 42.3 Å². The van der Waals surface area contributed by atoms with Gasteiger partial charge in [0.1, 0.15) is 0 Å². The maximum atomic E-state index is 11.7. The van der Waals surface area contributed by atoms with Crippen molar-refractivity contribution in [3.05, 3.63) is 69.2 Å². The second kappa shape index (κ2) is 5.70. The van der Waals surface area contributed by atoms with E-state index in [-0.39, 0.29) is 10.6 Å². The molecule has 108 valence electrons. The Morgan fingerprint density at radius 3 is 2.71 bits per heavy atom. The molecule has 0 radical (unpaired) electrons. The van der Waals surface area contributed by atoms with E-state index in [0.717, 1.165) is 16.6 Å². The first-order valence-electron chi connectivity index (χ1n) is 6.63. The standard InChI is InChI=1S/C16H13BrClNO2/c1-2-19-13-7-6-11(9-14(13)21-16(19)20)15(17)10-4-3-5-12(18)8-10/h3-9,15H,2H2,1H3. The number of aryl methyl sites for hydroxylation is 1. The summed E-state index contributed by atoms with van der Waals surface area (Å²) in [6.45, 7) is 2.51. The Morgan fingerprint density at radius 1 is 1.24 bits per heavy atom. The molecule has 0 saturated heterocycles. The van der Waals surface area contributed by atoms with Gasteiger partial charge in [0, 0.05) is 11.6 Å². The molecule has 3 aromatic rings. The molecule has 1 atom stereocenters. The minimum absolute atomic E-state index is 0.00382. The smallest absolute Gasteiger partial charge is 0.408 e. The third-order valence-corrected chi connectivity index (χ3v) is 4.73. The highest BCUT2D eigenvalue weighted by molar-refractivity contribution is 9.09. The summed E-state index contributed by atoms with van der Waals surface area (Å²) in [4.78, 5) is 11.7. The summed E-state index contributed by atoms with van der Waals surface area (Å²) in [6, 6.07) is 13.5. The topological polar surface area (TPSA) is 35.1 Å². The van der Waals surface area contributed by atoms with Gasteiger partial charge in [-0.1, -0.05) is 45.7 Å². The first kappa shape index (κ1) is 14.4. The molecule has 1 aromatic heterocycles. The summed E-state index contributed by atoms with van der Waals surface area (Å²) in [5.41, 5.74) is 3.49. The number of aromatic nitrogens is 1. The van der Waals surface area contributed by atoms with Crippen LogP contribution < -0.4 is 5.76 Å². The van der Waals surface area contributed by atoms with Gasteiger partial charge < -0.3 is 4.42 Å². The molecule has 0 N–H and O–H groups in total. The van der Waals surface area contributed by atoms with Gasteiger partial charge in [0.15, 0.2) is 5.58 Å². The van der Waals surface area contributed by atoms with Crippen LogP contribution in [-0.2, 0) is 6.54 Å². The minimum Gasteiger partial charge on any atom is -0.408 e. The number of hydrogen-bond acceptors (Lipinski definition) is 2. The zero-order chi connectivity index (χ0) is 15.0. The van der Waals surface area contributed by atoms with E-state index in [4.69, 9.17) is 16.0 Å². The third-order valence-electron chi connectivity index (χ3n) is 3.44. The predicted molar refractivity (Wildman–Crippen MR) is 88.4 cm³/mol. The van der Waals surface area contributed by atoms with E-state index in [2.05, 4.69) is 15.9 Å². The molecule has 3 nitrogen and oxygen atoms in total. The molecule has 0 bridgehead atoms. The Morgan fingerprint density at radius 2 is 2.00 bits per heavy atom. The van der Waals surface area contributed by atoms with Crippen molar-refractivity contribution < 1.29 is 4.42 Å². The zero-order valence-corrected chi connectivity index (χ0v) is 13.7. The molecule has 0 saturated carbocycles. The minimum atomic E-state index is -0.321. The summed E-state index contributed by atoms with van der Waals surface area (Å²) in [5, 5.41) is 0.696. The summed E-state index contributed by atoms with van der Waals surface area (Å²) >= 11 is 9.70. The van der Waals surface area contributed by atoms with Gasteiger partial charge in [0.05, 0.1) is 10.3 Å². The Hall–Kier alpha value is -1.52. The molecule has 3 rings (SSSR count). The lowest BCUT2D eigenvalue weighted by molar-refractivity contribution is 0.513. The van der Waals surface area contributed by atoms with E-state index < -0.39 is 0 Å². The van der Waals surface area contributed by atoms with Crippen molar-refractivity contribution >= 4 is 38.6 Å². The first-order valence-corrected chi connectivity index (χ1v) is 7.92. The fraction of sp³-hybridized carbons (Fsp3) is 0.188. The summed E-state index contributed by atoms with van der Waals surface area (Å²) in [6.07, 6.45) is 0. The monoisotopic (exact) mass is 365 g/mol. The molecule has 0 fully saturated rings. The molecular formula is C16H13BrClNO2. The van der Waals surface area contributed by atoms with Crippen LogP contribution in [0.15, 0.2) is 51.7 Å². The van der Waals surface area contributed by atoms with E-state index in [9.17, 15) is 4.79 Å². The molecule has 0 aliphatic rings. The second-order valence-corrected chi connectivity index (χ2v) is 6.11. The van der Waals surface area contributed by atoms with Crippen molar-refractivity contribution in [2.75, 3.05) is 0 Å². The number of rotatable bonds is 3. The quantitative estimate of drug-likeness (QED) is 0.627. The van der Waals surface area contributed by atoms with E-state index in [1.165, 1.54) is 0 Å². The van der Waals surface area contributed by atoms with Crippen molar-refractivity contribution in [3.63, 3.8) is 0 Å². The van der Waals surface area contributed by atoms with E-state index >= 15 is 0 Å². The maximum absolute atomic E-state index is 11.7. The average molecular weight is 367 g/mol. The van der Waals surface area contributed by atoms with Crippen LogP contribution in [0, 0.1) is 0 Å². The number of alkyl halides is 1. The summed E-state index contributed by atoms with van der Waals surface area (Å²) < 4.78 is 6.91. The fourth-order valence-corrected chi connectivity index (χ4v) is 3.17. The largest absolute Gasteiger partial charge is 0.419 e. The van der Waals surface area contributed by atoms with Crippen molar-refractivity contribution in [2.45, 2.75) is 18.3 Å². The van der Waals surface area contributed by atoms with Gasteiger partial charge >= 0.3 is 5.76 Å². The zero-order valence-electron chi connectivity index (χ0n) is 11.3. The highest BCUT2D eigenvalue weighted by Crippen LogP contribution is 2.33. The number of benzene rings is 2. The number of hydrogen-bond donors (Lipinski definition) is 0. The Labute approximate surface area is 135 Å². The Balaban J connectivity index is 2.07. The van der Waals surface area contributed by atoms with Crippen LogP contribution in [0.1, 0.15) is 22.9 Å². The van der Waals surface area contributed by atoms with Crippen LogP contribution >= 0.6 is 27.5 Å². The van der Waals surface area contributed by atoms with E-state index in [1.807, 2.05) is 49.4 Å². The number of nitrogens with zero attached hydrogens (tertiary/aromatic N) is 1. The van der Waals surface area contributed by atoms with Crippen LogP contribution in [0.5, 0.6) is 0 Å². The van der Waals surface area contributed by atoms with Crippen LogP contribution in [0.25, 0.3) is 11.1 Å². The number of oxazole rings is 1. The van der Waals surface area contributed by atoms with E-state index in [0.29, 0.717) is 17.2 Å². The van der Waals surface area contributed by atoms with Gasteiger partial charge in [-0.15, -0.1) is 0 Å². The van der Waals surface area contributed by atoms with Gasteiger partial charge in [0.2, 0.25) is 0 Å². The van der Waals surface area contributed by atoms with Gasteiger partial charge in [-0.2, -0.15) is 0 Å². The molecule has 0 aliphatic heterocycles. The summed E-state index contributed by atoms with van der Waals surface area (Å²) in [5.74, 6) is -0.321. The molecule has 21 heavy (non-hydrogen) atoms. The molecular weight excluding hydrogens is 354 g/mol. The van der Waals surface area contributed by atoms with Gasteiger partial charge in [0.25, 0.3) is 0 Å². The van der Waals surface area contributed by atoms with Gasteiger partial charge in [-0.25, -0.2) is 4.79 Å². The molecule has 2 aromatic carbocycles. The number of halogens is 2. The van der Waals surface area contributed by atoms with Crippen molar-refractivity contribution in [3.8, 4) is 0 Å². The Bertz CT molecular complexity index is 853. The third kappa shape index (κ3) is 2.65. The molecule has 5 heteroatoms. The molecule has 0 spiro atoms. The van der Waals surface area contributed by atoms with E-state index in [1.54, 1.807) is 4.57 Å². The highest BCUT2D eigenvalue weighted by Gasteiger charge is 2.14. The lowest BCUT2D eigenvalue weighted by Crippen LogP contribution is -2.11. The van der Waals surface area contributed by atoms with Crippen molar-refractivity contribution in [1.82, 2.24) is 4.57 Å². The predicted octanol–water partition coefficient (Wildman–Crippen LogP) is 4.75. The maximum Gasteiger partial charge on any atom is 0.419 e. The van der Waals surface area contributed by atoms with Crippen LogP contribution in [0.3, 0.4) is 0 Å². The SMILES string of the molecule is CCn1c(=O)oc2cc(C(Br)c3cccc(Cl)c3)ccc21. The highest BCUT2D eigenvalue weighted by atomic mass is 79.9. The van der Waals surface area contributed by atoms with Gasteiger partial charge in [-0.3, -0.25) is 4.57 Å².